The molecule has 0 aliphatic rings. The van der Waals surface area contributed by atoms with Crippen molar-refractivity contribution >= 4 is 17.9 Å². The van der Waals surface area contributed by atoms with Gasteiger partial charge in [0.2, 0.25) is 0 Å². The van der Waals surface area contributed by atoms with Crippen LogP contribution >= 0.6 is 0 Å². The minimum atomic E-state index is -0.762. The Morgan fingerprint density at radius 2 is 0.524 bits per heavy atom. The standard InChI is InChI=1S/C57H110O6/c1-6-7-8-9-10-11-12-13-14-15-16-21-24-27-34-39-44-49-57(60)63-54(51-62-56(59)48-43-38-33-29-28-31-36-41-46-53(4)5)50-61-55(58)47-42-37-32-26-23-20-18-17-19-22-25-30-35-40-45-52(2)3/h52-54H,6-51H2,1-5H3/t54-/m1/s1. The van der Waals surface area contributed by atoms with E-state index < -0.39 is 6.10 Å². The second-order valence-corrected chi connectivity index (χ2v) is 20.5. The number of carbonyl (C=O) groups excluding carboxylic acids is 3. The van der Waals surface area contributed by atoms with E-state index in [-0.39, 0.29) is 31.1 Å². The summed E-state index contributed by atoms with van der Waals surface area (Å²) in [6.07, 6.45) is 52.4. The predicted octanol–water partition coefficient (Wildman–Crippen LogP) is 18.5. The lowest BCUT2D eigenvalue weighted by Gasteiger charge is -2.18. The number of hydrogen-bond donors (Lipinski definition) is 0. The summed E-state index contributed by atoms with van der Waals surface area (Å²) in [4.78, 5) is 38.1. The molecule has 0 rings (SSSR count). The average Bonchev–Trinajstić information content (AvgIpc) is 3.25. The summed E-state index contributed by atoms with van der Waals surface area (Å²) in [5.74, 6) is 0.798. The van der Waals surface area contributed by atoms with Crippen LogP contribution in [-0.4, -0.2) is 37.2 Å². The summed E-state index contributed by atoms with van der Waals surface area (Å²) in [5, 5.41) is 0. The Kier molecular flexibility index (Phi) is 48.6. The predicted molar refractivity (Wildman–Crippen MR) is 270 cm³/mol. The van der Waals surface area contributed by atoms with Crippen molar-refractivity contribution in [2.75, 3.05) is 13.2 Å². The third kappa shape index (κ3) is 51.3. The average molecular weight is 892 g/mol. The minimum absolute atomic E-state index is 0.0633. The van der Waals surface area contributed by atoms with Crippen molar-refractivity contribution in [2.45, 2.75) is 323 Å². The van der Waals surface area contributed by atoms with E-state index in [1.807, 2.05) is 0 Å². The van der Waals surface area contributed by atoms with Crippen LogP contribution in [0.3, 0.4) is 0 Å². The Morgan fingerprint density at radius 3 is 0.778 bits per heavy atom. The maximum Gasteiger partial charge on any atom is 0.306 e. The fraction of sp³-hybridized carbons (Fsp3) is 0.947. The van der Waals surface area contributed by atoms with Gasteiger partial charge in [-0.3, -0.25) is 14.4 Å². The van der Waals surface area contributed by atoms with Crippen molar-refractivity contribution in [3.05, 3.63) is 0 Å². The van der Waals surface area contributed by atoms with E-state index in [1.165, 1.54) is 205 Å². The molecule has 0 saturated carbocycles. The topological polar surface area (TPSA) is 78.9 Å². The summed E-state index contributed by atoms with van der Waals surface area (Å²) < 4.78 is 16.9. The molecule has 0 N–H and O–H groups in total. The number of unbranched alkanes of at least 4 members (excludes halogenated alkanes) is 36. The monoisotopic (exact) mass is 891 g/mol. The van der Waals surface area contributed by atoms with Crippen molar-refractivity contribution in [2.24, 2.45) is 11.8 Å². The van der Waals surface area contributed by atoms with Crippen molar-refractivity contribution in [1.29, 1.82) is 0 Å². The first-order valence-electron chi connectivity index (χ1n) is 28.2. The summed E-state index contributed by atoms with van der Waals surface area (Å²) in [5.41, 5.74) is 0. The van der Waals surface area contributed by atoms with Crippen LogP contribution in [0.25, 0.3) is 0 Å². The van der Waals surface area contributed by atoms with Crippen molar-refractivity contribution in [1.82, 2.24) is 0 Å². The summed E-state index contributed by atoms with van der Waals surface area (Å²) >= 11 is 0. The van der Waals surface area contributed by atoms with Gasteiger partial charge in [0.25, 0.3) is 0 Å². The first kappa shape index (κ1) is 61.4. The molecule has 0 radical (unpaired) electrons. The largest absolute Gasteiger partial charge is 0.462 e. The molecule has 63 heavy (non-hydrogen) atoms. The van der Waals surface area contributed by atoms with Crippen molar-refractivity contribution in [3.63, 3.8) is 0 Å². The highest BCUT2D eigenvalue weighted by Gasteiger charge is 2.19. The van der Waals surface area contributed by atoms with Gasteiger partial charge in [0.1, 0.15) is 13.2 Å². The first-order chi connectivity index (χ1) is 30.7. The lowest BCUT2D eigenvalue weighted by Crippen LogP contribution is -2.30. The molecule has 0 aliphatic carbocycles. The fourth-order valence-corrected chi connectivity index (χ4v) is 8.70. The molecule has 0 saturated heterocycles. The van der Waals surface area contributed by atoms with Crippen LogP contribution in [0.5, 0.6) is 0 Å². The van der Waals surface area contributed by atoms with Crippen LogP contribution in [0.2, 0.25) is 0 Å². The lowest BCUT2D eigenvalue weighted by molar-refractivity contribution is -0.167. The SMILES string of the molecule is CCCCCCCCCCCCCCCCCCCC(=O)O[C@H](COC(=O)CCCCCCCCCCCCCCCCC(C)C)COC(=O)CCCCCCCCCCC(C)C. The van der Waals surface area contributed by atoms with Crippen LogP contribution in [0.1, 0.15) is 317 Å². The third-order valence-electron chi connectivity index (χ3n) is 13.0. The number of carbonyl (C=O) groups is 3. The molecule has 6 heteroatoms. The Morgan fingerprint density at radius 1 is 0.302 bits per heavy atom. The molecule has 1 atom stereocenters. The van der Waals surface area contributed by atoms with Gasteiger partial charge in [-0.2, -0.15) is 0 Å². The summed E-state index contributed by atoms with van der Waals surface area (Å²) in [7, 11) is 0. The molecular weight excluding hydrogens is 781 g/mol. The van der Waals surface area contributed by atoms with E-state index in [9.17, 15) is 14.4 Å². The van der Waals surface area contributed by atoms with E-state index in [4.69, 9.17) is 14.2 Å². The smallest absolute Gasteiger partial charge is 0.306 e. The Balaban J connectivity index is 4.27. The van der Waals surface area contributed by atoms with Gasteiger partial charge < -0.3 is 14.2 Å². The lowest BCUT2D eigenvalue weighted by atomic mass is 10.0. The van der Waals surface area contributed by atoms with Crippen LogP contribution in [0.15, 0.2) is 0 Å². The summed E-state index contributed by atoms with van der Waals surface area (Å²) in [6, 6.07) is 0. The number of esters is 3. The van der Waals surface area contributed by atoms with Gasteiger partial charge in [-0.15, -0.1) is 0 Å². The zero-order valence-corrected chi connectivity index (χ0v) is 43.2. The van der Waals surface area contributed by atoms with Crippen LogP contribution in [-0.2, 0) is 28.6 Å². The van der Waals surface area contributed by atoms with Gasteiger partial charge in [-0.1, -0.05) is 279 Å². The maximum absolute atomic E-state index is 12.8. The highest BCUT2D eigenvalue weighted by Crippen LogP contribution is 2.18. The molecule has 6 nitrogen and oxygen atoms in total. The van der Waals surface area contributed by atoms with Gasteiger partial charge in [-0.05, 0) is 31.1 Å². The third-order valence-corrected chi connectivity index (χ3v) is 13.0. The van der Waals surface area contributed by atoms with E-state index in [0.717, 1.165) is 69.6 Å². The van der Waals surface area contributed by atoms with Gasteiger partial charge in [0.05, 0.1) is 0 Å². The molecule has 0 aromatic carbocycles. The Labute approximate surface area is 393 Å². The fourth-order valence-electron chi connectivity index (χ4n) is 8.70. The molecule has 0 aromatic heterocycles. The van der Waals surface area contributed by atoms with Crippen LogP contribution in [0, 0.1) is 11.8 Å². The van der Waals surface area contributed by atoms with Gasteiger partial charge in [0.15, 0.2) is 6.10 Å². The number of hydrogen-bond acceptors (Lipinski definition) is 6. The normalized spacial score (nSPS) is 12.0. The summed E-state index contributed by atoms with van der Waals surface area (Å²) in [6.45, 7) is 11.4. The zero-order valence-electron chi connectivity index (χ0n) is 43.2. The maximum atomic E-state index is 12.8. The van der Waals surface area contributed by atoms with E-state index >= 15 is 0 Å². The van der Waals surface area contributed by atoms with Gasteiger partial charge >= 0.3 is 17.9 Å². The van der Waals surface area contributed by atoms with Gasteiger partial charge in [0, 0.05) is 19.3 Å². The van der Waals surface area contributed by atoms with Crippen molar-refractivity contribution < 1.29 is 28.6 Å². The van der Waals surface area contributed by atoms with Crippen LogP contribution in [0.4, 0.5) is 0 Å². The molecule has 0 amide bonds. The molecule has 0 aromatic rings. The molecule has 374 valence electrons. The van der Waals surface area contributed by atoms with Crippen molar-refractivity contribution in [3.8, 4) is 0 Å². The highest BCUT2D eigenvalue weighted by atomic mass is 16.6. The van der Waals surface area contributed by atoms with E-state index in [2.05, 4.69) is 34.6 Å². The Bertz CT molecular complexity index is 962. The molecular formula is C57H110O6. The number of rotatable bonds is 51. The minimum Gasteiger partial charge on any atom is -0.462 e. The molecule has 0 unspecified atom stereocenters. The molecule has 0 bridgehead atoms. The van der Waals surface area contributed by atoms with Crippen LogP contribution < -0.4 is 0 Å². The van der Waals surface area contributed by atoms with E-state index in [0.29, 0.717) is 19.3 Å². The molecule has 0 fully saturated rings. The second-order valence-electron chi connectivity index (χ2n) is 20.5. The quantitative estimate of drug-likeness (QED) is 0.0344. The number of ether oxygens (including phenoxy) is 3. The van der Waals surface area contributed by atoms with Gasteiger partial charge in [-0.25, -0.2) is 0 Å². The molecule has 0 heterocycles. The highest BCUT2D eigenvalue weighted by molar-refractivity contribution is 5.71. The second kappa shape index (κ2) is 49.8. The first-order valence-corrected chi connectivity index (χ1v) is 28.2. The molecule has 0 aliphatic heterocycles. The van der Waals surface area contributed by atoms with E-state index in [1.54, 1.807) is 0 Å². The Hall–Kier alpha value is -1.59. The molecule has 0 spiro atoms. The zero-order chi connectivity index (χ0) is 46.1.